The standard InChI is InChI=1S/C21H17ClN2O2/c22-15-6-2-5-14(11-15)17-18(21(26)23-20(17)25)16-8-7-12-3-1-4-13-9-10-24(16)19(12)13/h1-6,9-11,16,23,25-26H,7-8H2. The highest BCUT2D eigenvalue weighted by molar-refractivity contribution is 6.30. The Hall–Kier alpha value is -2.85. The summed E-state index contributed by atoms with van der Waals surface area (Å²) in [6.07, 6.45) is 3.83. The monoisotopic (exact) mass is 364 g/mol. The molecule has 1 atom stereocenters. The first-order chi connectivity index (χ1) is 12.6. The lowest BCUT2D eigenvalue weighted by Crippen LogP contribution is -2.16. The fourth-order valence-electron chi connectivity index (χ4n) is 4.22. The topological polar surface area (TPSA) is 61.2 Å². The summed E-state index contributed by atoms with van der Waals surface area (Å²) in [6, 6.07) is 15.7. The van der Waals surface area contributed by atoms with E-state index in [9.17, 15) is 10.2 Å². The van der Waals surface area contributed by atoms with Crippen LogP contribution in [0.4, 0.5) is 0 Å². The van der Waals surface area contributed by atoms with E-state index in [1.165, 1.54) is 16.5 Å². The second-order valence-corrected chi connectivity index (χ2v) is 7.19. The van der Waals surface area contributed by atoms with E-state index in [-0.39, 0.29) is 17.8 Å². The van der Waals surface area contributed by atoms with E-state index in [0.29, 0.717) is 16.1 Å². The lowest BCUT2D eigenvalue weighted by atomic mass is 9.91. The summed E-state index contributed by atoms with van der Waals surface area (Å²) < 4.78 is 2.20. The van der Waals surface area contributed by atoms with Crippen molar-refractivity contribution < 1.29 is 10.2 Å². The van der Waals surface area contributed by atoms with Crippen LogP contribution in [0, 0.1) is 0 Å². The Bertz CT molecular complexity index is 1140. The second kappa shape index (κ2) is 5.58. The van der Waals surface area contributed by atoms with Gasteiger partial charge in [-0.3, -0.25) is 4.98 Å². The van der Waals surface area contributed by atoms with Gasteiger partial charge in [0.15, 0.2) is 11.8 Å². The molecule has 1 aliphatic rings. The number of nitrogens with one attached hydrogen (secondary N) is 1. The molecule has 0 amide bonds. The van der Waals surface area contributed by atoms with Crippen molar-refractivity contribution >= 4 is 22.5 Å². The van der Waals surface area contributed by atoms with Crippen LogP contribution in [0.3, 0.4) is 0 Å². The fraction of sp³-hybridized carbons (Fsp3) is 0.143. The number of para-hydroxylation sites is 1. The number of aryl methyl sites for hydroxylation is 1. The molecule has 3 heterocycles. The second-order valence-electron chi connectivity index (χ2n) is 6.75. The molecule has 1 unspecified atom stereocenters. The van der Waals surface area contributed by atoms with Gasteiger partial charge in [0.25, 0.3) is 0 Å². The highest BCUT2D eigenvalue weighted by Gasteiger charge is 2.30. The molecule has 0 fully saturated rings. The minimum absolute atomic E-state index is 0.00343. The maximum atomic E-state index is 10.6. The van der Waals surface area contributed by atoms with Crippen molar-refractivity contribution in [2.24, 2.45) is 0 Å². The van der Waals surface area contributed by atoms with Crippen LogP contribution in [0.5, 0.6) is 11.8 Å². The zero-order chi connectivity index (χ0) is 17.8. The molecule has 5 rings (SSSR count). The molecular formula is C21H17ClN2O2. The Morgan fingerprint density at radius 3 is 2.73 bits per heavy atom. The summed E-state index contributed by atoms with van der Waals surface area (Å²) in [4.78, 5) is 2.69. The van der Waals surface area contributed by atoms with Crippen molar-refractivity contribution in [3.8, 4) is 22.9 Å². The average molecular weight is 365 g/mol. The predicted octanol–water partition coefficient (Wildman–Crippen LogP) is 5.24. The molecule has 1 aliphatic heterocycles. The molecule has 2 aromatic heterocycles. The van der Waals surface area contributed by atoms with Gasteiger partial charge < -0.3 is 14.8 Å². The van der Waals surface area contributed by atoms with E-state index in [2.05, 4.69) is 40.0 Å². The minimum atomic E-state index is -0.0615. The third-order valence-electron chi connectivity index (χ3n) is 5.29. The summed E-state index contributed by atoms with van der Waals surface area (Å²) in [5.74, 6) is -0.0364. The maximum absolute atomic E-state index is 10.6. The van der Waals surface area contributed by atoms with Crippen LogP contribution in [-0.2, 0) is 6.42 Å². The van der Waals surface area contributed by atoms with Gasteiger partial charge in [-0.2, -0.15) is 0 Å². The normalized spacial score (nSPS) is 16.3. The summed E-state index contributed by atoms with van der Waals surface area (Å²) in [7, 11) is 0. The molecule has 4 aromatic rings. The Morgan fingerprint density at radius 1 is 1.04 bits per heavy atom. The van der Waals surface area contributed by atoms with Crippen LogP contribution in [-0.4, -0.2) is 19.8 Å². The number of H-pyrrole nitrogens is 1. The number of rotatable bonds is 2. The number of aromatic nitrogens is 2. The van der Waals surface area contributed by atoms with Crippen molar-refractivity contribution in [2.75, 3.05) is 0 Å². The third kappa shape index (κ3) is 2.15. The molecule has 0 spiro atoms. The third-order valence-corrected chi connectivity index (χ3v) is 5.53. The van der Waals surface area contributed by atoms with Crippen LogP contribution in [0.15, 0.2) is 54.7 Å². The number of hydrogen-bond acceptors (Lipinski definition) is 2. The predicted molar refractivity (Wildman–Crippen MR) is 103 cm³/mol. The van der Waals surface area contributed by atoms with E-state index in [1.54, 1.807) is 12.1 Å². The van der Waals surface area contributed by atoms with Crippen molar-refractivity contribution in [1.82, 2.24) is 9.55 Å². The van der Waals surface area contributed by atoms with E-state index in [4.69, 9.17) is 11.6 Å². The van der Waals surface area contributed by atoms with Crippen molar-refractivity contribution in [1.29, 1.82) is 0 Å². The molecule has 0 saturated heterocycles. The van der Waals surface area contributed by atoms with Crippen molar-refractivity contribution in [3.05, 3.63) is 70.9 Å². The van der Waals surface area contributed by atoms with Gasteiger partial charge in [0, 0.05) is 16.8 Å². The quantitative estimate of drug-likeness (QED) is 0.455. The molecule has 5 heteroatoms. The fourth-order valence-corrected chi connectivity index (χ4v) is 4.41. The van der Waals surface area contributed by atoms with Crippen LogP contribution in [0.2, 0.25) is 5.02 Å². The largest absolute Gasteiger partial charge is 0.494 e. The number of halogens is 1. The van der Waals surface area contributed by atoms with Crippen LogP contribution < -0.4 is 0 Å². The Morgan fingerprint density at radius 2 is 1.88 bits per heavy atom. The Kier molecular flexibility index (Phi) is 3.31. The molecule has 3 N–H and O–H groups in total. The SMILES string of the molecule is Oc1[nH]c(O)c(C2CCc3cccc4ccn2c34)c1-c1cccc(Cl)c1. The Labute approximate surface area is 155 Å². The highest BCUT2D eigenvalue weighted by Crippen LogP contribution is 2.47. The molecule has 0 bridgehead atoms. The summed E-state index contributed by atoms with van der Waals surface area (Å²) in [5, 5.41) is 22.8. The van der Waals surface area contributed by atoms with Gasteiger partial charge in [0.2, 0.25) is 0 Å². The van der Waals surface area contributed by atoms with E-state index in [1.807, 2.05) is 12.1 Å². The molecular weight excluding hydrogens is 348 g/mol. The molecule has 2 aromatic carbocycles. The smallest absolute Gasteiger partial charge is 0.199 e. The molecule has 0 aliphatic carbocycles. The van der Waals surface area contributed by atoms with E-state index < -0.39 is 0 Å². The minimum Gasteiger partial charge on any atom is -0.494 e. The van der Waals surface area contributed by atoms with Gasteiger partial charge in [-0.15, -0.1) is 0 Å². The van der Waals surface area contributed by atoms with Gasteiger partial charge in [-0.25, -0.2) is 0 Å². The first-order valence-corrected chi connectivity index (χ1v) is 8.99. The van der Waals surface area contributed by atoms with E-state index >= 15 is 0 Å². The number of aromatic hydroxyl groups is 2. The number of nitrogens with zero attached hydrogens (tertiary/aromatic N) is 1. The maximum Gasteiger partial charge on any atom is 0.199 e. The van der Waals surface area contributed by atoms with Gasteiger partial charge in [-0.05, 0) is 47.6 Å². The number of hydrogen-bond donors (Lipinski definition) is 3. The summed E-state index contributed by atoms with van der Waals surface area (Å²) >= 11 is 6.15. The lowest BCUT2D eigenvalue weighted by molar-refractivity contribution is 0.416. The summed E-state index contributed by atoms with van der Waals surface area (Å²) in [6.45, 7) is 0. The van der Waals surface area contributed by atoms with Crippen molar-refractivity contribution in [3.63, 3.8) is 0 Å². The molecule has 0 radical (unpaired) electrons. The van der Waals surface area contributed by atoms with Gasteiger partial charge in [0.05, 0.1) is 17.1 Å². The number of aromatic amines is 1. The first-order valence-electron chi connectivity index (χ1n) is 8.61. The summed E-state index contributed by atoms with van der Waals surface area (Å²) in [5.41, 5.74) is 4.60. The van der Waals surface area contributed by atoms with Gasteiger partial charge >= 0.3 is 0 Å². The average Bonchev–Trinajstić information content (AvgIpc) is 3.18. The highest BCUT2D eigenvalue weighted by atomic mass is 35.5. The van der Waals surface area contributed by atoms with Crippen LogP contribution in [0.1, 0.15) is 23.6 Å². The van der Waals surface area contributed by atoms with Crippen LogP contribution in [0.25, 0.3) is 22.0 Å². The lowest BCUT2D eigenvalue weighted by Gasteiger charge is -2.27. The zero-order valence-corrected chi connectivity index (χ0v) is 14.7. The number of benzene rings is 2. The van der Waals surface area contributed by atoms with Crippen LogP contribution >= 0.6 is 11.6 Å². The molecule has 0 saturated carbocycles. The molecule has 130 valence electrons. The zero-order valence-electron chi connectivity index (χ0n) is 13.9. The van der Waals surface area contributed by atoms with Crippen molar-refractivity contribution in [2.45, 2.75) is 18.9 Å². The Balaban J connectivity index is 1.75. The molecule has 4 nitrogen and oxygen atoms in total. The van der Waals surface area contributed by atoms with Gasteiger partial charge in [-0.1, -0.05) is 41.9 Å². The molecule has 26 heavy (non-hydrogen) atoms. The first kappa shape index (κ1) is 15.4. The van der Waals surface area contributed by atoms with E-state index in [0.717, 1.165) is 18.4 Å². The van der Waals surface area contributed by atoms with Gasteiger partial charge in [0.1, 0.15) is 0 Å².